The zero-order valence-electron chi connectivity index (χ0n) is 16.1. The molecule has 0 radical (unpaired) electrons. The lowest BCUT2D eigenvalue weighted by Crippen LogP contribution is -2.36. The fourth-order valence-electron chi connectivity index (χ4n) is 3.31. The van der Waals surface area contributed by atoms with E-state index >= 15 is 0 Å². The van der Waals surface area contributed by atoms with E-state index in [0.29, 0.717) is 25.1 Å². The number of benzene rings is 2. The van der Waals surface area contributed by atoms with E-state index in [0.717, 1.165) is 22.4 Å². The lowest BCUT2D eigenvalue weighted by molar-refractivity contribution is -0.121. The van der Waals surface area contributed by atoms with Gasteiger partial charge in [0.2, 0.25) is 11.8 Å². The first-order valence-electron chi connectivity index (χ1n) is 9.35. The van der Waals surface area contributed by atoms with Crippen LogP contribution in [0.3, 0.4) is 0 Å². The third-order valence-electron chi connectivity index (χ3n) is 4.67. The summed E-state index contributed by atoms with van der Waals surface area (Å²) in [6.07, 6.45) is 0.806. The predicted molar refractivity (Wildman–Crippen MR) is 106 cm³/mol. The van der Waals surface area contributed by atoms with Gasteiger partial charge >= 0.3 is 0 Å². The van der Waals surface area contributed by atoms with E-state index in [9.17, 15) is 14.4 Å². The Morgan fingerprint density at radius 3 is 2.61 bits per heavy atom. The summed E-state index contributed by atoms with van der Waals surface area (Å²) in [7, 11) is 0. The van der Waals surface area contributed by atoms with Gasteiger partial charge in [0, 0.05) is 31.9 Å². The van der Waals surface area contributed by atoms with Crippen LogP contribution in [0.15, 0.2) is 42.5 Å². The van der Waals surface area contributed by atoms with Gasteiger partial charge in [-0.3, -0.25) is 14.4 Å². The van der Waals surface area contributed by atoms with E-state index < -0.39 is 0 Å². The molecule has 0 unspecified atom stereocenters. The van der Waals surface area contributed by atoms with E-state index in [-0.39, 0.29) is 30.1 Å². The van der Waals surface area contributed by atoms with Crippen molar-refractivity contribution in [1.29, 1.82) is 0 Å². The summed E-state index contributed by atoms with van der Waals surface area (Å²) in [5, 5.41) is 5.44. The fourth-order valence-corrected chi connectivity index (χ4v) is 3.31. The number of amides is 2. The van der Waals surface area contributed by atoms with Gasteiger partial charge in [-0.2, -0.15) is 0 Å². The molecule has 0 aromatic heterocycles. The molecule has 6 heteroatoms. The topological polar surface area (TPSA) is 84.5 Å². The Morgan fingerprint density at radius 2 is 1.86 bits per heavy atom. The van der Waals surface area contributed by atoms with Crippen LogP contribution in [-0.4, -0.2) is 36.8 Å². The van der Waals surface area contributed by atoms with Crippen molar-refractivity contribution in [3.8, 4) is 16.9 Å². The quantitative estimate of drug-likeness (QED) is 0.723. The van der Waals surface area contributed by atoms with Crippen LogP contribution < -0.4 is 15.4 Å². The van der Waals surface area contributed by atoms with E-state index in [1.807, 2.05) is 36.4 Å². The first kappa shape index (κ1) is 19.6. The third kappa shape index (κ3) is 4.76. The average Bonchev–Trinajstić information content (AvgIpc) is 3.08. The molecule has 28 heavy (non-hydrogen) atoms. The molecule has 1 atom stereocenters. The standard InChI is InChI=1S/C22H24N2O4/c1-14(25)19-5-3-4-6-20(19)16-7-8-21-17(11-16)12-18(28-21)13-24-22(27)9-10-23-15(2)26/h3-8,11,18H,9-10,12-13H2,1-2H3,(H,23,26)(H,24,27)/t18-/m1/s1. The highest BCUT2D eigenvalue weighted by Gasteiger charge is 2.24. The first-order chi connectivity index (χ1) is 13.4. The molecule has 2 aromatic carbocycles. The number of ether oxygens (including phenoxy) is 1. The summed E-state index contributed by atoms with van der Waals surface area (Å²) >= 11 is 0. The Morgan fingerprint density at radius 1 is 1.07 bits per heavy atom. The van der Waals surface area contributed by atoms with Gasteiger partial charge in [-0.15, -0.1) is 0 Å². The second-order valence-corrected chi connectivity index (χ2v) is 6.91. The molecule has 146 valence electrons. The number of fused-ring (bicyclic) bond motifs is 1. The summed E-state index contributed by atoms with van der Waals surface area (Å²) in [6.45, 7) is 3.73. The normalized spacial score (nSPS) is 14.7. The van der Waals surface area contributed by atoms with Gasteiger partial charge in [0.05, 0.1) is 6.54 Å². The van der Waals surface area contributed by atoms with E-state index in [4.69, 9.17) is 4.74 Å². The maximum absolute atomic E-state index is 11.9. The Kier molecular flexibility index (Phi) is 6.09. The lowest BCUT2D eigenvalue weighted by atomic mass is 9.95. The minimum atomic E-state index is -0.149. The highest BCUT2D eigenvalue weighted by Crippen LogP contribution is 2.34. The maximum atomic E-state index is 11.9. The molecule has 0 saturated heterocycles. The molecule has 3 rings (SSSR count). The number of hydrogen-bond donors (Lipinski definition) is 2. The molecular formula is C22H24N2O4. The summed E-state index contributed by atoms with van der Waals surface area (Å²) < 4.78 is 5.92. The zero-order valence-corrected chi connectivity index (χ0v) is 16.1. The Hall–Kier alpha value is -3.15. The molecule has 2 N–H and O–H groups in total. The molecule has 6 nitrogen and oxygen atoms in total. The van der Waals surface area contributed by atoms with E-state index in [1.54, 1.807) is 6.92 Å². The lowest BCUT2D eigenvalue weighted by Gasteiger charge is -2.12. The molecular weight excluding hydrogens is 356 g/mol. The van der Waals surface area contributed by atoms with E-state index in [2.05, 4.69) is 16.7 Å². The summed E-state index contributed by atoms with van der Waals surface area (Å²) in [5.74, 6) is 0.572. The van der Waals surface area contributed by atoms with Crippen LogP contribution in [0, 0.1) is 0 Å². The smallest absolute Gasteiger partial charge is 0.221 e. The van der Waals surface area contributed by atoms with Crippen molar-refractivity contribution in [2.75, 3.05) is 13.1 Å². The van der Waals surface area contributed by atoms with Gasteiger partial charge in [-0.1, -0.05) is 30.3 Å². The summed E-state index contributed by atoms with van der Waals surface area (Å²) in [6, 6.07) is 13.5. The van der Waals surface area contributed by atoms with Gasteiger partial charge in [-0.05, 0) is 35.7 Å². The van der Waals surface area contributed by atoms with Crippen molar-refractivity contribution < 1.29 is 19.1 Å². The minimum absolute atomic E-state index is 0.0344. The number of Topliss-reactive ketones (excluding diaryl/α,β-unsaturated/α-hetero) is 1. The number of ketones is 1. The molecule has 0 aliphatic carbocycles. The molecule has 2 aromatic rings. The Bertz CT molecular complexity index is 907. The monoisotopic (exact) mass is 380 g/mol. The molecule has 1 aliphatic heterocycles. The summed E-state index contributed by atoms with van der Waals surface area (Å²) in [4.78, 5) is 34.6. The number of nitrogens with one attached hydrogen (secondary N) is 2. The van der Waals surface area contributed by atoms with Crippen LogP contribution in [0.4, 0.5) is 0 Å². The Balaban J connectivity index is 1.61. The molecule has 1 aliphatic rings. The van der Waals surface area contributed by atoms with Gasteiger partial charge < -0.3 is 15.4 Å². The van der Waals surface area contributed by atoms with Gasteiger partial charge in [0.15, 0.2) is 5.78 Å². The number of rotatable bonds is 7. The molecule has 0 bridgehead atoms. The van der Waals surface area contributed by atoms with Gasteiger partial charge in [0.1, 0.15) is 11.9 Å². The van der Waals surface area contributed by atoms with Crippen LogP contribution in [0.2, 0.25) is 0 Å². The maximum Gasteiger partial charge on any atom is 0.221 e. The molecule has 0 spiro atoms. The summed E-state index contributed by atoms with van der Waals surface area (Å²) in [5.41, 5.74) is 3.65. The molecule has 2 amide bonds. The van der Waals surface area contributed by atoms with Crippen LogP contribution in [0.25, 0.3) is 11.1 Å². The number of hydrogen-bond acceptors (Lipinski definition) is 4. The molecule has 0 saturated carbocycles. The minimum Gasteiger partial charge on any atom is -0.488 e. The fraction of sp³-hybridized carbons (Fsp3) is 0.318. The molecule has 0 fully saturated rings. The van der Waals surface area contributed by atoms with Crippen molar-refractivity contribution in [1.82, 2.24) is 10.6 Å². The second kappa shape index (κ2) is 8.69. The molecule has 1 heterocycles. The Labute approximate surface area is 164 Å². The van der Waals surface area contributed by atoms with Crippen LogP contribution in [0.1, 0.15) is 36.2 Å². The second-order valence-electron chi connectivity index (χ2n) is 6.91. The van der Waals surface area contributed by atoms with Crippen molar-refractivity contribution >= 4 is 17.6 Å². The van der Waals surface area contributed by atoms with Crippen LogP contribution in [0.5, 0.6) is 5.75 Å². The zero-order chi connectivity index (χ0) is 20.1. The van der Waals surface area contributed by atoms with Crippen molar-refractivity contribution in [2.24, 2.45) is 0 Å². The van der Waals surface area contributed by atoms with E-state index in [1.165, 1.54) is 6.92 Å². The van der Waals surface area contributed by atoms with Crippen molar-refractivity contribution in [2.45, 2.75) is 32.8 Å². The number of carbonyl (C=O) groups is 3. The first-order valence-corrected chi connectivity index (χ1v) is 9.35. The van der Waals surface area contributed by atoms with Crippen molar-refractivity contribution in [3.05, 3.63) is 53.6 Å². The largest absolute Gasteiger partial charge is 0.488 e. The highest BCUT2D eigenvalue weighted by molar-refractivity contribution is 6.00. The van der Waals surface area contributed by atoms with Gasteiger partial charge in [-0.25, -0.2) is 0 Å². The van der Waals surface area contributed by atoms with Gasteiger partial charge in [0.25, 0.3) is 0 Å². The van der Waals surface area contributed by atoms with Crippen molar-refractivity contribution in [3.63, 3.8) is 0 Å². The number of carbonyl (C=O) groups excluding carboxylic acids is 3. The highest BCUT2D eigenvalue weighted by atomic mass is 16.5. The van der Waals surface area contributed by atoms with Crippen LogP contribution >= 0.6 is 0 Å². The predicted octanol–water partition coefficient (Wildman–Crippen LogP) is 2.50. The SMILES string of the molecule is CC(=O)NCCC(=O)NC[C@H]1Cc2cc(-c3ccccc3C(C)=O)ccc2O1. The average molecular weight is 380 g/mol. The third-order valence-corrected chi connectivity index (χ3v) is 4.67. The van der Waals surface area contributed by atoms with Crippen LogP contribution in [-0.2, 0) is 16.0 Å².